The van der Waals surface area contributed by atoms with E-state index in [-0.39, 0.29) is 22.2 Å². The largest absolute Gasteiger partial charge is 0.308 e. The zero-order valence-electron chi connectivity index (χ0n) is 12.4. The van der Waals surface area contributed by atoms with Gasteiger partial charge in [-0.2, -0.15) is 0 Å². The molecule has 10 heteroatoms. The molecule has 0 unspecified atom stereocenters. The molecule has 0 spiro atoms. The van der Waals surface area contributed by atoms with Gasteiger partial charge >= 0.3 is 0 Å². The van der Waals surface area contributed by atoms with Gasteiger partial charge in [-0.3, -0.25) is 20.2 Å². The van der Waals surface area contributed by atoms with E-state index in [1.54, 1.807) is 0 Å². The van der Waals surface area contributed by atoms with Gasteiger partial charge in [0, 0.05) is 17.7 Å². The number of carbonyl (C=O) groups is 1. The fraction of sp³-hybridized carbons (Fsp3) is 0. The summed E-state index contributed by atoms with van der Waals surface area (Å²) < 4.78 is 13.8. The lowest BCUT2D eigenvalue weighted by atomic mass is 10.2. The standard InChI is InChI=1S/C15H9FN4O3S2/c16-9-4-5-11-12(7-9)25-15(17-11)19-14(24)18-13(21)8-2-1-3-10(6-8)20(22)23/h1-7H,(H2,17,18,19,21,24). The number of thiazole rings is 1. The number of nitrogens with one attached hydrogen (secondary N) is 2. The Morgan fingerprint density at radius 3 is 2.84 bits per heavy atom. The van der Waals surface area contributed by atoms with E-state index in [1.165, 1.54) is 47.7 Å². The maximum absolute atomic E-state index is 13.2. The lowest BCUT2D eigenvalue weighted by Gasteiger charge is -2.06. The quantitative estimate of drug-likeness (QED) is 0.413. The van der Waals surface area contributed by atoms with Gasteiger partial charge in [0.05, 0.1) is 15.1 Å². The fourth-order valence-corrected chi connectivity index (χ4v) is 3.17. The highest BCUT2D eigenvalue weighted by atomic mass is 32.1. The van der Waals surface area contributed by atoms with Crippen molar-refractivity contribution in [1.82, 2.24) is 10.3 Å². The van der Waals surface area contributed by atoms with Gasteiger partial charge in [0.1, 0.15) is 5.82 Å². The first-order valence-electron chi connectivity index (χ1n) is 6.85. The first-order chi connectivity index (χ1) is 11.9. The van der Waals surface area contributed by atoms with Crippen molar-refractivity contribution < 1.29 is 14.1 Å². The smallest absolute Gasteiger partial charge is 0.270 e. The molecule has 0 aliphatic carbocycles. The number of fused-ring (bicyclic) bond motifs is 1. The van der Waals surface area contributed by atoms with Gasteiger partial charge in [-0.15, -0.1) is 0 Å². The minimum absolute atomic E-state index is 0.0176. The fourth-order valence-electron chi connectivity index (χ4n) is 2.02. The van der Waals surface area contributed by atoms with Crippen molar-refractivity contribution in [2.75, 3.05) is 5.32 Å². The molecular formula is C15H9FN4O3S2. The Hall–Kier alpha value is -2.98. The first-order valence-corrected chi connectivity index (χ1v) is 8.08. The van der Waals surface area contributed by atoms with Crippen LogP contribution in [0, 0.1) is 15.9 Å². The van der Waals surface area contributed by atoms with E-state index >= 15 is 0 Å². The van der Waals surface area contributed by atoms with E-state index in [2.05, 4.69) is 15.6 Å². The third kappa shape index (κ3) is 3.92. The van der Waals surface area contributed by atoms with Crippen molar-refractivity contribution >= 4 is 55.6 Å². The summed E-state index contributed by atoms with van der Waals surface area (Å²) in [6, 6.07) is 9.47. The van der Waals surface area contributed by atoms with Gasteiger partial charge < -0.3 is 5.32 Å². The number of rotatable bonds is 3. The van der Waals surface area contributed by atoms with Crippen LogP contribution in [0.15, 0.2) is 42.5 Å². The lowest BCUT2D eigenvalue weighted by molar-refractivity contribution is -0.384. The average molecular weight is 376 g/mol. The molecule has 2 aromatic carbocycles. The minimum atomic E-state index is -0.590. The number of amides is 1. The number of non-ortho nitro benzene ring substituents is 1. The maximum atomic E-state index is 13.2. The molecule has 2 N–H and O–H groups in total. The molecule has 0 radical (unpaired) electrons. The highest BCUT2D eigenvalue weighted by Crippen LogP contribution is 2.26. The third-order valence-electron chi connectivity index (χ3n) is 3.12. The number of nitro benzene ring substituents is 1. The van der Waals surface area contributed by atoms with Gasteiger partial charge in [-0.05, 0) is 36.5 Å². The Kier molecular flexibility index (Phi) is 4.63. The van der Waals surface area contributed by atoms with Crippen LogP contribution < -0.4 is 10.6 Å². The second kappa shape index (κ2) is 6.87. The summed E-state index contributed by atoms with van der Waals surface area (Å²) in [4.78, 5) is 26.5. The van der Waals surface area contributed by atoms with Crippen LogP contribution in [0.2, 0.25) is 0 Å². The summed E-state index contributed by atoms with van der Waals surface area (Å²) in [7, 11) is 0. The Morgan fingerprint density at radius 2 is 2.08 bits per heavy atom. The number of anilines is 1. The SMILES string of the molecule is O=C(NC(=S)Nc1nc2ccc(F)cc2s1)c1cccc([N+](=O)[O-])c1. The molecule has 1 heterocycles. The average Bonchev–Trinajstić information content (AvgIpc) is 2.95. The molecule has 0 fully saturated rings. The Morgan fingerprint density at radius 1 is 1.28 bits per heavy atom. The van der Waals surface area contributed by atoms with E-state index in [9.17, 15) is 19.3 Å². The molecule has 1 aromatic heterocycles. The van der Waals surface area contributed by atoms with Gasteiger partial charge in [0.25, 0.3) is 11.6 Å². The third-order valence-corrected chi connectivity index (χ3v) is 4.25. The lowest BCUT2D eigenvalue weighted by Crippen LogP contribution is -2.34. The number of thiocarbonyl (C=S) groups is 1. The molecule has 7 nitrogen and oxygen atoms in total. The number of nitrogens with zero attached hydrogens (tertiary/aromatic N) is 2. The number of hydrogen-bond donors (Lipinski definition) is 2. The summed E-state index contributed by atoms with van der Waals surface area (Å²) in [6.45, 7) is 0. The number of nitro groups is 1. The van der Waals surface area contributed by atoms with Crippen LogP contribution in [0.3, 0.4) is 0 Å². The van der Waals surface area contributed by atoms with Gasteiger partial charge in [0.2, 0.25) is 0 Å². The van der Waals surface area contributed by atoms with Crippen molar-refractivity contribution in [2.45, 2.75) is 0 Å². The zero-order chi connectivity index (χ0) is 18.0. The molecule has 0 aliphatic heterocycles. The predicted molar refractivity (Wildman–Crippen MR) is 96.4 cm³/mol. The number of halogens is 1. The second-order valence-corrected chi connectivity index (χ2v) is 6.29. The monoisotopic (exact) mass is 376 g/mol. The van der Waals surface area contributed by atoms with Crippen molar-refractivity contribution in [3.05, 3.63) is 64.0 Å². The van der Waals surface area contributed by atoms with Crippen molar-refractivity contribution in [3.8, 4) is 0 Å². The van der Waals surface area contributed by atoms with Crippen molar-refractivity contribution in [3.63, 3.8) is 0 Å². The molecular weight excluding hydrogens is 367 g/mol. The van der Waals surface area contributed by atoms with Gasteiger partial charge in [-0.1, -0.05) is 17.4 Å². The first kappa shape index (κ1) is 16.9. The van der Waals surface area contributed by atoms with Gasteiger partial charge in [-0.25, -0.2) is 9.37 Å². The normalized spacial score (nSPS) is 10.4. The highest BCUT2D eigenvalue weighted by molar-refractivity contribution is 7.80. The molecule has 3 rings (SSSR count). The topological polar surface area (TPSA) is 97.2 Å². The van der Waals surface area contributed by atoms with E-state index in [0.29, 0.717) is 15.3 Å². The van der Waals surface area contributed by atoms with Crippen LogP contribution in [-0.2, 0) is 0 Å². The highest BCUT2D eigenvalue weighted by Gasteiger charge is 2.13. The van der Waals surface area contributed by atoms with Crippen LogP contribution >= 0.6 is 23.6 Å². The molecule has 0 saturated carbocycles. The molecule has 1 amide bonds. The second-order valence-electron chi connectivity index (χ2n) is 4.85. The van der Waals surface area contributed by atoms with Gasteiger partial charge in [0.15, 0.2) is 10.2 Å². The summed E-state index contributed by atoms with van der Waals surface area (Å²) in [5.74, 6) is -0.961. The van der Waals surface area contributed by atoms with E-state index in [1.807, 2.05) is 0 Å². The maximum Gasteiger partial charge on any atom is 0.270 e. The minimum Gasteiger partial charge on any atom is -0.308 e. The number of carbonyl (C=O) groups excluding carboxylic acids is 1. The summed E-state index contributed by atoms with van der Waals surface area (Å²) in [6.07, 6.45) is 0. The van der Waals surface area contributed by atoms with Crippen LogP contribution in [-0.4, -0.2) is 20.9 Å². The van der Waals surface area contributed by atoms with Crippen LogP contribution in [0.4, 0.5) is 15.2 Å². The molecule has 0 bridgehead atoms. The molecule has 0 atom stereocenters. The Labute approximate surface area is 149 Å². The molecule has 3 aromatic rings. The van der Waals surface area contributed by atoms with E-state index in [4.69, 9.17) is 12.2 Å². The van der Waals surface area contributed by atoms with Crippen LogP contribution in [0.1, 0.15) is 10.4 Å². The summed E-state index contributed by atoms with van der Waals surface area (Å²) in [5.41, 5.74) is 0.506. The Bertz CT molecular complexity index is 1010. The van der Waals surface area contributed by atoms with E-state index < -0.39 is 10.8 Å². The number of aromatic nitrogens is 1. The number of benzene rings is 2. The van der Waals surface area contributed by atoms with E-state index in [0.717, 1.165) is 6.07 Å². The molecule has 0 saturated heterocycles. The van der Waals surface area contributed by atoms with Crippen molar-refractivity contribution in [2.24, 2.45) is 0 Å². The molecule has 25 heavy (non-hydrogen) atoms. The van der Waals surface area contributed by atoms with Crippen molar-refractivity contribution in [1.29, 1.82) is 0 Å². The molecule has 0 aliphatic rings. The van der Waals surface area contributed by atoms with Crippen LogP contribution in [0.25, 0.3) is 10.2 Å². The zero-order valence-corrected chi connectivity index (χ0v) is 14.0. The predicted octanol–water partition coefficient (Wildman–Crippen LogP) is 3.47. The number of hydrogen-bond acceptors (Lipinski definition) is 6. The molecule has 126 valence electrons. The Balaban J connectivity index is 1.69. The summed E-state index contributed by atoms with van der Waals surface area (Å²) >= 11 is 6.22. The van der Waals surface area contributed by atoms with Crippen LogP contribution in [0.5, 0.6) is 0 Å². The summed E-state index contributed by atoms with van der Waals surface area (Å²) in [5, 5.41) is 16.3.